The lowest BCUT2D eigenvalue weighted by Crippen LogP contribution is -2.04. The lowest BCUT2D eigenvalue weighted by atomic mass is 10.2. The second-order valence-electron chi connectivity index (χ2n) is 3.24. The van der Waals surface area contributed by atoms with E-state index in [-0.39, 0.29) is 6.54 Å². The Hall–Kier alpha value is -1.89. The van der Waals surface area contributed by atoms with Crippen molar-refractivity contribution in [3.63, 3.8) is 0 Å². The Labute approximate surface area is 85.4 Å². The Balaban J connectivity index is 2.48. The summed E-state index contributed by atoms with van der Waals surface area (Å²) in [7, 11) is 0. The Morgan fingerprint density at radius 2 is 2.13 bits per heavy atom. The number of fused-ring (bicyclic) bond motifs is 1. The minimum absolute atomic E-state index is 0.310. The summed E-state index contributed by atoms with van der Waals surface area (Å²) in [6.45, 7) is -0.310. The second-order valence-corrected chi connectivity index (χ2v) is 3.24. The third kappa shape index (κ3) is 1.82. The van der Waals surface area contributed by atoms with Gasteiger partial charge in [-0.2, -0.15) is 5.26 Å². The standard InChI is InChI=1S/C11H8F2N2/c12-11(13)7-15-4-3-9-5-8(6-14)1-2-10(9)15/h1-5,11H,7H2. The summed E-state index contributed by atoms with van der Waals surface area (Å²) < 4.78 is 25.9. The first-order valence-electron chi connectivity index (χ1n) is 4.48. The number of hydrogen-bond donors (Lipinski definition) is 0. The lowest BCUT2D eigenvalue weighted by molar-refractivity contribution is 0.128. The molecule has 0 radical (unpaired) electrons. The number of nitrogens with zero attached hydrogens (tertiary/aromatic N) is 2. The fraction of sp³-hybridized carbons (Fsp3) is 0.182. The van der Waals surface area contributed by atoms with Crippen molar-refractivity contribution in [1.29, 1.82) is 5.26 Å². The van der Waals surface area contributed by atoms with E-state index < -0.39 is 6.43 Å². The second kappa shape index (κ2) is 3.70. The molecule has 0 N–H and O–H groups in total. The molecular formula is C11H8F2N2. The molecule has 0 unspecified atom stereocenters. The average Bonchev–Trinajstić information content (AvgIpc) is 2.60. The molecule has 0 spiro atoms. The summed E-state index contributed by atoms with van der Waals surface area (Å²) in [5.74, 6) is 0. The fourth-order valence-electron chi connectivity index (χ4n) is 1.58. The lowest BCUT2D eigenvalue weighted by Gasteiger charge is -2.03. The monoisotopic (exact) mass is 206 g/mol. The molecule has 0 bridgehead atoms. The molecular weight excluding hydrogens is 198 g/mol. The zero-order valence-electron chi connectivity index (χ0n) is 7.82. The van der Waals surface area contributed by atoms with Crippen LogP contribution in [0.5, 0.6) is 0 Å². The van der Waals surface area contributed by atoms with E-state index >= 15 is 0 Å². The summed E-state index contributed by atoms with van der Waals surface area (Å²) >= 11 is 0. The number of hydrogen-bond acceptors (Lipinski definition) is 1. The third-order valence-corrected chi connectivity index (χ3v) is 2.23. The van der Waals surface area contributed by atoms with E-state index in [4.69, 9.17) is 5.26 Å². The van der Waals surface area contributed by atoms with Gasteiger partial charge in [0.05, 0.1) is 18.2 Å². The van der Waals surface area contributed by atoms with Crippen LogP contribution < -0.4 is 0 Å². The molecule has 2 nitrogen and oxygen atoms in total. The Kier molecular flexibility index (Phi) is 2.38. The zero-order chi connectivity index (χ0) is 10.8. The van der Waals surface area contributed by atoms with Gasteiger partial charge in [0.2, 0.25) is 0 Å². The minimum Gasteiger partial charge on any atom is -0.342 e. The highest BCUT2D eigenvalue weighted by Gasteiger charge is 2.07. The van der Waals surface area contributed by atoms with Gasteiger partial charge >= 0.3 is 0 Å². The molecule has 0 saturated carbocycles. The van der Waals surface area contributed by atoms with Crippen molar-refractivity contribution in [3.8, 4) is 6.07 Å². The van der Waals surface area contributed by atoms with Crippen LogP contribution in [0.15, 0.2) is 30.5 Å². The number of rotatable bonds is 2. The van der Waals surface area contributed by atoms with Crippen molar-refractivity contribution in [2.75, 3.05) is 0 Å². The van der Waals surface area contributed by atoms with Crippen molar-refractivity contribution < 1.29 is 8.78 Å². The molecule has 15 heavy (non-hydrogen) atoms. The van der Waals surface area contributed by atoms with Crippen LogP contribution in [0.25, 0.3) is 10.9 Å². The Morgan fingerprint density at radius 1 is 1.33 bits per heavy atom. The number of aromatic nitrogens is 1. The smallest absolute Gasteiger partial charge is 0.256 e. The molecule has 0 atom stereocenters. The van der Waals surface area contributed by atoms with Gasteiger partial charge in [-0.25, -0.2) is 8.78 Å². The number of benzene rings is 1. The topological polar surface area (TPSA) is 28.7 Å². The zero-order valence-corrected chi connectivity index (χ0v) is 7.82. The maximum Gasteiger partial charge on any atom is 0.256 e. The SMILES string of the molecule is N#Cc1ccc2c(ccn2CC(F)F)c1. The van der Waals surface area contributed by atoms with Crippen LogP contribution in [-0.2, 0) is 6.54 Å². The normalized spacial score (nSPS) is 10.8. The highest BCUT2D eigenvalue weighted by atomic mass is 19.3. The van der Waals surface area contributed by atoms with Crippen molar-refractivity contribution in [2.24, 2.45) is 0 Å². The Bertz CT molecular complexity index is 523. The van der Waals surface area contributed by atoms with Crippen molar-refractivity contribution >= 4 is 10.9 Å². The Morgan fingerprint density at radius 3 is 2.80 bits per heavy atom. The van der Waals surface area contributed by atoms with E-state index in [1.54, 1.807) is 30.5 Å². The van der Waals surface area contributed by atoms with Crippen LogP contribution in [0.1, 0.15) is 5.56 Å². The highest BCUT2D eigenvalue weighted by Crippen LogP contribution is 2.18. The predicted molar refractivity (Wildman–Crippen MR) is 52.7 cm³/mol. The van der Waals surface area contributed by atoms with Crippen LogP contribution in [0.2, 0.25) is 0 Å². The molecule has 0 fully saturated rings. The third-order valence-electron chi connectivity index (χ3n) is 2.23. The molecule has 1 aromatic carbocycles. The first kappa shape index (κ1) is 9.66. The maximum absolute atomic E-state index is 12.2. The first-order valence-corrected chi connectivity index (χ1v) is 4.48. The van der Waals surface area contributed by atoms with Gasteiger partial charge in [-0.1, -0.05) is 0 Å². The molecule has 2 aromatic rings. The number of nitriles is 1. The van der Waals surface area contributed by atoms with Gasteiger partial charge in [0.25, 0.3) is 6.43 Å². The first-order chi connectivity index (χ1) is 7.20. The van der Waals surface area contributed by atoms with Crippen LogP contribution in [0, 0.1) is 11.3 Å². The summed E-state index contributed by atoms with van der Waals surface area (Å²) in [5, 5.41) is 9.49. The van der Waals surface area contributed by atoms with Gasteiger partial charge in [-0.05, 0) is 24.3 Å². The summed E-state index contributed by atoms with van der Waals surface area (Å²) in [6.07, 6.45) is -0.755. The van der Waals surface area contributed by atoms with Gasteiger partial charge in [-0.15, -0.1) is 0 Å². The molecule has 0 saturated heterocycles. The van der Waals surface area contributed by atoms with Crippen molar-refractivity contribution in [1.82, 2.24) is 4.57 Å². The number of halogens is 2. The van der Waals surface area contributed by atoms with Gasteiger partial charge in [0.15, 0.2) is 0 Å². The molecule has 0 aliphatic carbocycles. The molecule has 0 aliphatic heterocycles. The van der Waals surface area contributed by atoms with Gasteiger partial charge in [0.1, 0.15) is 0 Å². The highest BCUT2D eigenvalue weighted by molar-refractivity contribution is 5.81. The molecule has 76 valence electrons. The minimum atomic E-state index is -2.36. The maximum atomic E-state index is 12.2. The molecule has 4 heteroatoms. The summed E-state index contributed by atoms with van der Waals surface area (Å²) in [6, 6.07) is 8.76. The van der Waals surface area contributed by atoms with E-state index in [1.807, 2.05) is 6.07 Å². The number of alkyl halides is 2. The molecule has 1 heterocycles. The summed E-state index contributed by atoms with van der Waals surface area (Å²) in [5.41, 5.74) is 1.27. The van der Waals surface area contributed by atoms with Crippen molar-refractivity contribution in [3.05, 3.63) is 36.0 Å². The predicted octanol–water partition coefficient (Wildman–Crippen LogP) is 2.78. The van der Waals surface area contributed by atoms with E-state index in [1.165, 1.54) is 4.57 Å². The van der Waals surface area contributed by atoms with E-state index in [9.17, 15) is 8.78 Å². The fourth-order valence-corrected chi connectivity index (χ4v) is 1.58. The van der Waals surface area contributed by atoms with E-state index in [0.29, 0.717) is 5.56 Å². The molecule has 2 rings (SSSR count). The van der Waals surface area contributed by atoms with E-state index in [2.05, 4.69) is 0 Å². The molecule has 0 amide bonds. The van der Waals surface area contributed by atoms with Crippen LogP contribution in [-0.4, -0.2) is 11.0 Å². The largest absolute Gasteiger partial charge is 0.342 e. The quantitative estimate of drug-likeness (QED) is 0.742. The molecule has 1 aromatic heterocycles. The van der Waals surface area contributed by atoms with Crippen molar-refractivity contribution in [2.45, 2.75) is 13.0 Å². The van der Waals surface area contributed by atoms with Gasteiger partial charge in [0, 0.05) is 17.1 Å². The van der Waals surface area contributed by atoms with Gasteiger partial charge < -0.3 is 4.57 Å². The average molecular weight is 206 g/mol. The van der Waals surface area contributed by atoms with Crippen LogP contribution in [0.4, 0.5) is 8.78 Å². The van der Waals surface area contributed by atoms with Gasteiger partial charge in [-0.3, -0.25) is 0 Å². The van der Waals surface area contributed by atoms with Crippen LogP contribution >= 0.6 is 0 Å². The molecule has 0 aliphatic rings. The summed E-state index contributed by atoms with van der Waals surface area (Å²) in [4.78, 5) is 0. The van der Waals surface area contributed by atoms with E-state index in [0.717, 1.165) is 10.9 Å². The van der Waals surface area contributed by atoms with Crippen LogP contribution in [0.3, 0.4) is 0 Å².